The summed E-state index contributed by atoms with van der Waals surface area (Å²) in [6.45, 7) is 8.58. The second kappa shape index (κ2) is 10.5. The molecule has 2 aromatic rings. The highest BCUT2D eigenvalue weighted by Gasteiger charge is 2.32. The molecule has 1 unspecified atom stereocenters. The Labute approximate surface area is 193 Å². The summed E-state index contributed by atoms with van der Waals surface area (Å²) in [5, 5.41) is 21.5. The van der Waals surface area contributed by atoms with Gasteiger partial charge in [0.25, 0.3) is 0 Å². The number of hydrogen-bond acceptors (Lipinski definition) is 3. The molecule has 0 heterocycles. The summed E-state index contributed by atoms with van der Waals surface area (Å²) < 4.78 is 6.40. The van der Waals surface area contributed by atoms with Crippen molar-refractivity contribution in [3.8, 4) is 16.9 Å². The molecule has 32 heavy (non-hydrogen) atoms. The molecule has 0 saturated heterocycles. The molecule has 2 aromatic carbocycles. The monoisotopic (exact) mass is 433 g/mol. The first-order chi connectivity index (χ1) is 15.4. The molecule has 1 aliphatic carbocycles. The molecule has 0 saturated carbocycles. The average Bonchev–Trinajstić information content (AvgIpc) is 2.84. The van der Waals surface area contributed by atoms with Crippen LogP contribution in [0.25, 0.3) is 11.1 Å². The van der Waals surface area contributed by atoms with Gasteiger partial charge in [0, 0.05) is 5.56 Å². The van der Waals surface area contributed by atoms with E-state index in [0.717, 1.165) is 29.5 Å². The molecule has 0 amide bonds. The molecule has 1 radical (unpaired) electrons. The van der Waals surface area contributed by atoms with Crippen molar-refractivity contribution in [1.29, 1.82) is 0 Å². The topological polar surface area (TPSA) is 49.7 Å². The minimum Gasteiger partial charge on any atom is -0.492 e. The highest BCUT2D eigenvalue weighted by molar-refractivity contribution is 5.73. The third kappa shape index (κ3) is 5.00. The number of aliphatic hydroxyl groups excluding tert-OH is 1. The van der Waals surface area contributed by atoms with E-state index < -0.39 is 11.0 Å². The Bertz CT molecular complexity index is 968. The minimum atomic E-state index is -0.958. The molecular formula is C29H37O3. The van der Waals surface area contributed by atoms with Crippen molar-refractivity contribution in [1.82, 2.24) is 0 Å². The third-order valence-corrected chi connectivity index (χ3v) is 6.69. The Kier molecular flexibility index (Phi) is 7.97. The third-order valence-electron chi connectivity index (χ3n) is 6.69. The van der Waals surface area contributed by atoms with E-state index in [1.54, 1.807) is 0 Å². The summed E-state index contributed by atoms with van der Waals surface area (Å²) in [6.07, 6.45) is 13.1. The minimum absolute atomic E-state index is 0.0347. The van der Waals surface area contributed by atoms with Gasteiger partial charge in [-0.25, -0.2) is 0 Å². The van der Waals surface area contributed by atoms with Gasteiger partial charge in [-0.05, 0) is 67.0 Å². The van der Waals surface area contributed by atoms with Gasteiger partial charge in [-0.3, -0.25) is 0 Å². The molecule has 0 bridgehead atoms. The van der Waals surface area contributed by atoms with Crippen LogP contribution in [0.2, 0.25) is 0 Å². The lowest BCUT2D eigenvalue weighted by molar-refractivity contribution is 0.0241. The first-order valence-electron chi connectivity index (χ1n) is 11.8. The lowest BCUT2D eigenvalue weighted by atomic mass is 9.82. The molecule has 2 N–H and O–H groups in total. The molecule has 0 aromatic heterocycles. The normalized spacial score (nSPS) is 18.2. The van der Waals surface area contributed by atoms with Gasteiger partial charge in [0.2, 0.25) is 0 Å². The van der Waals surface area contributed by atoms with Crippen LogP contribution in [0.5, 0.6) is 5.75 Å². The largest absolute Gasteiger partial charge is 0.492 e. The van der Waals surface area contributed by atoms with Gasteiger partial charge in [0.15, 0.2) is 0 Å². The summed E-state index contributed by atoms with van der Waals surface area (Å²) in [6, 6.07) is 12.7. The van der Waals surface area contributed by atoms with Crippen LogP contribution in [0.3, 0.4) is 0 Å². The van der Waals surface area contributed by atoms with E-state index in [4.69, 9.17) is 4.74 Å². The van der Waals surface area contributed by atoms with Crippen molar-refractivity contribution in [3.05, 3.63) is 83.8 Å². The van der Waals surface area contributed by atoms with Gasteiger partial charge < -0.3 is 14.9 Å². The maximum Gasteiger partial charge on any atom is 0.126 e. The van der Waals surface area contributed by atoms with Crippen molar-refractivity contribution in [2.75, 3.05) is 13.2 Å². The molecule has 3 rings (SSSR count). The zero-order valence-corrected chi connectivity index (χ0v) is 19.9. The van der Waals surface area contributed by atoms with Crippen LogP contribution in [0.4, 0.5) is 0 Å². The van der Waals surface area contributed by atoms with E-state index in [1.165, 1.54) is 11.1 Å². The number of aliphatic hydroxyl groups is 2. The maximum absolute atomic E-state index is 11.4. The van der Waals surface area contributed by atoms with Gasteiger partial charge in [0.05, 0.1) is 17.6 Å². The van der Waals surface area contributed by atoms with Crippen molar-refractivity contribution < 1.29 is 14.9 Å². The number of allylic oxidation sites excluding steroid dienone is 3. The molecule has 0 spiro atoms. The van der Waals surface area contributed by atoms with E-state index in [2.05, 4.69) is 50.2 Å². The second-order valence-corrected chi connectivity index (χ2v) is 8.90. The van der Waals surface area contributed by atoms with E-state index in [1.807, 2.05) is 44.6 Å². The van der Waals surface area contributed by atoms with Gasteiger partial charge in [-0.2, -0.15) is 0 Å². The highest BCUT2D eigenvalue weighted by atomic mass is 16.5. The van der Waals surface area contributed by atoms with Crippen molar-refractivity contribution >= 4 is 0 Å². The molecule has 1 atom stereocenters. The Morgan fingerprint density at radius 1 is 0.969 bits per heavy atom. The molecule has 3 nitrogen and oxygen atoms in total. The van der Waals surface area contributed by atoms with E-state index in [0.29, 0.717) is 25.2 Å². The summed E-state index contributed by atoms with van der Waals surface area (Å²) in [4.78, 5) is 0. The van der Waals surface area contributed by atoms with Crippen LogP contribution >= 0.6 is 0 Å². The van der Waals surface area contributed by atoms with Gasteiger partial charge in [-0.1, -0.05) is 75.8 Å². The van der Waals surface area contributed by atoms with Crippen LogP contribution in [0.15, 0.2) is 60.7 Å². The summed E-state index contributed by atoms with van der Waals surface area (Å²) >= 11 is 0. The van der Waals surface area contributed by atoms with Crippen molar-refractivity contribution in [3.63, 3.8) is 0 Å². The molecule has 0 fully saturated rings. The maximum atomic E-state index is 11.4. The highest BCUT2D eigenvalue weighted by Crippen LogP contribution is 2.41. The van der Waals surface area contributed by atoms with Crippen LogP contribution in [0, 0.1) is 18.8 Å². The fourth-order valence-electron chi connectivity index (χ4n) is 4.44. The van der Waals surface area contributed by atoms with Crippen LogP contribution in [0.1, 0.15) is 56.7 Å². The Balaban J connectivity index is 2.09. The molecule has 1 aliphatic rings. The zero-order chi connectivity index (χ0) is 23.2. The average molecular weight is 434 g/mol. The summed E-state index contributed by atoms with van der Waals surface area (Å²) in [7, 11) is 0. The second-order valence-electron chi connectivity index (χ2n) is 8.90. The predicted molar refractivity (Wildman–Crippen MR) is 133 cm³/mol. The molecule has 3 heteroatoms. The van der Waals surface area contributed by atoms with Gasteiger partial charge in [-0.15, -0.1) is 0 Å². The van der Waals surface area contributed by atoms with Gasteiger partial charge >= 0.3 is 0 Å². The van der Waals surface area contributed by atoms with Crippen LogP contribution in [-0.4, -0.2) is 23.4 Å². The first kappa shape index (κ1) is 24.3. The fraction of sp³-hybridized carbons (Fsp3) is 0.414. The first-order valence-corrected chi connectivity index (χ1v) is 11.8. The Morgan fingerprint density at radius 2 is 1.72 bits per heavy atom. The summed E-state index contributed by atoms with van der Waals surface area (Å²) in [5.41, 5.74) is 4.08. The zero-order valence-electron chi connectivity index (χ0n) is 19.9. The number of hydrogen-bond donors (Lipinski definition) is 2. The molecular weight excluding hydrogens is 396 g/mol. The smallest absolute Gasteiger partial charge is 0.126 e. The summed E-state index contributed by atoms with van der Waals surface area (Å²) in [5.74, 6) is 0.687. The predicted octanol–water partition coefficient (Wildman–Crippen LogP) is 6.31. The Hall–Kier alpha value is -2.36. The fourth-order valence-corrected chi connectivity index (χ4v) is 4.44. The lowest BCUT2D eigenvalue weighted by Crippen LogP contribution is -2.32. The van der Waals surface area contributed by atoms with E-state index in [-0.39, 0.29) is 6.61 Å². The van der Waals surface area contributed by atoms with E-state index >= 15 is 0 Å². The van der Waals surface area contributed by atoms with E-state index in [9.17, 15) is 10.2 Å². The quantitative estimate of drug-likeness (QED) is 0.462. The van der Waals surface area contributed by atoms with Crippen molar-refractivity contribution in [2.45, 2.75) is 59.0 Å². The van der Waals surface area contributed by atoms with Crippen molar-refractivity contribution in [2.24, 2.45) is 5.41 Å². The number of benzene rings is 2. The molecule has 171 valence electrons. The SMILES string of the molecule is CCCc1ccccc1-c1cc(OCC2(CO)[CH]C=CC=C2)c(C(O)(CC)CC)cc1C. The lowest BCUT2D eigenvalue weighted by Gasteiger charge is -2.32. The van der Waals surface area contributed by atoms with Crippen LogP contribution in [-0.2, 0) is 12.0 Å². The standard InChI is InChI=1S/C29H37O3/c1-5-13-23-14-9-10-15-24(23)25-19-27(26(18-22(25)4)29(31,6-2)7-3)32-21-28(20-30)16-11-8-12-17-28/h8-12,14-19,30-31H,5-7,13,20-21H2,1-4H3. The van der Waals surface area contributed by atoms with Crippen LogP contribution < -0.4 is 4.74 Å². The number of ether oxygens (including phenoxy) is 1. The Morgan fingerprint density at radius 3 is 2.34 bits per heavy atom. The molecule has 0 aliphatic heterocycles. The number of rotatable bonds is 10. The van der Waals surface area contributed by atoms with Gasteiger partial charge in [0.1, 0.15) is 12.4 Å². The number of aryl methyl sites for hydroxylation is 2.